The normalized spacial score (nSPS) is 10.1. The topological polar surface area (TPSA) is 78.4 Å². The predicted molar refractivity (Wildman–Crippen MR) is 81.6 cm³/mol. The fourth-order valence-corrected chi connectivity index (χ4v) is 2.03. The number of halogens is 1. The Morgan fingerprint density at radius 2 is 1.86 bits per heavy atom. The van der Waals surface area contributed by atoms with E-state index >= 15 is 0 Å². The van der Waals surface area contributed by atoms with E-state index in [1.54, 1.807) is 6.26 Å². The van der Waals surface area contributed by atoms with Crippen molar-refractivity contribution in [3.05, 3.63) is 46.7 Å². The van der Waals surface area contributed by atoms with Gasteiger partial charge in [0.1, 0.15) is 5.75 Å². The number of aromatic nitrogens is 2. The van der Waals surface area contributed by atoms with Crippen molar-refractivity contribution in [3.8, 4) is 5.75 Å². The molecular formula is C14H11ClN2O4S. The average Bonchev–Trinajstić information content (AvgIpc) is 2.55. The molecule has 1 heterocycles. The summed E-state index contributed by atoms with van der Waals surface area (Å²) in [5.74, 6) is -0.909. The fourth-order valence-electron chi connectivity index (χ4n) is 1.52. The van der Waals surface area contributed by atoms with Crippen molar-refractivity contribution < 1.29 is 19.1 Å². The van der Waals surface area contributed by atoms with Gasteiger partial charge in [-0.05, 0) is 30.5 Å². The van der Waals surface area contributed by atoms with Crippen LogP contribution in [0.4, 0.5) is 0 Å². The molecule has 0 spiro atoms. The van der Waals surface area contributed by atoms with Gasteiger partial charge in [-0.15, -0.1) is 0 Å². The number of benzene rings is 1. The zero-order valence-corrected chi connectivity index (χ0v) is 13.3. The van der Waals surface area contributed by atoms with Gasteiger partial charge in [0.25, 0.3) is 0 Å². The van der Waals surface area contributed by atoms with Crippen LogP contribution in [0.5, 0.6) is 5.75 Å². The minimum Gasteiger partial charge on any atom is -0.465 e. The first-order valence-corrected chi connectivity index (χ1v) is 7.62. The number of nitrogens with zero attached hydrogens (tertiary/aromatic N) is 2. The lowest BCUT2D eigenvalue weighted by atomic mass is 10.2. The molecular weight excluding hydrogens is 328 g/mol. The predicted octanol–water partition coefficient (Wildman–Crippen LogP) is 2.86. The summed E-state index contributed by atoms with van der Waals surface area (Å²) in [6, 6.07) is 5.94. The van der Waals surface area contributed by atoms with Gasteiger partial charge in [-0.1, -0.05) is 23.4 Å². The van der Waals surface area contributed by atoms with E-state index in [1.807, 2.05) is 0 Å². The molecule has 0 atom stereocenters. The van der Waals surface area contributed by atoms with Gasteiger partial charge in [-0.3, -0.25) is 0 Å². The summed E-state index contributed by atoms with van der Waals surface area (Å²) in [5.41, 5.74) is 0.338. The summed E-state index contributed by atoms with van der Waals surface area (Å²) in [6.45, 7) is 0. The molecule has 0 bridgehead atoms. The lowest BCUT2D eigenvalue weighted by Gasteiger charge is -2.06. The van der Waals surface area contributed by atoms with Crippen LogP contribution in [-0.2, 0) is 4.74 Å². The quantitative estimate of drug-likeness (QED) is 0.367. The van der Waals surface area contributed by atoms with Gasteiger partial charge >= 0.3 is 11.9 Å². The molecule has 0 N–H and O–H groups in total. The van der Waals surface area contributed by atoms with E-state index in [0.29, 0.717) is 10.7 Å². The summed E-state index contributed by atoms with van der Waals surface area (Å²) in [4.78, 5) is 31.4. The SMILES string of the molecule is COC(=O)c1ccc(OC(=O)c2nc(SC)ncc2Cl)cc1. The fraction of sp³-hybridized carbons (Fsp3) is 0.143. The van der Waals surface area contributed by atoms with Crippen molar-refractivity contribution in [2.75, 3.05) is 13.4 Å². The summed E-state index contributed by atoms with van der Waals surface area (Å²) in [7, 11) is 1.29. The van der Waals surface area contributed by atoms with Gasteiger partial charge in [-0.2, -0.15) is 0 Å². The number of carbonyl (C=O) groups excluding carboxylic acids is 2. The Bertz CT molecular complexity index is 706. The molecule has 1 aromatic heterocycles. The second kappa shape index (κ2) is 7.24. The van der Waals surface area contributed by atoms with Gasteiger partial charge in [0.15, 0.2) is 10.9 Å². The van der Waals surface area contributed by atoms with Crippen LogP contribution in [0.25, 0.3) is 0 Å². The number of methoxy groups -OCH3 is 1. The molecule has 114 valence electrons. The third-order valence-corrected chi connectivity index (χ3v) is 3.42. The molecule has 0 aliphatic rings. The van der Waals surface area contributed by atoms with Gasteiger partial charge in [0, 0.05) is 0 Å². The molecule has 0 unspecified atom stereocenters. The maximum absolute atomic E-state index is 12.1. The summed E-state index contributed by atoms with van der Waals surface area (Å²) >= 11 is 7.19. The highest BCUT2D eigenvalue weighted by molar-refractivity contribution is 7.98. The second-order valence-electron chi connectivity index (χ2n) is 3.96. The highest BCUT2D eigenvalue weighted by Crippen LogP contribution is 2.19. The minimum absolute atomic E-state index is 0.0157. The van der Waals surface area contributed by atoms with Gasteiger partial charge in [0.05, 0.1) is 23.9 Å². The largest absolute Gasteiger partial charge is 0.465 e. The van der Waals surface area contributed by atoms with Crippen molar-refractivity contribution in [3.63, 3.8) is 0 Å². The molecule has 1 aromatic carbocycles. The Morgan fingerprint density at radius 3 is 2.45 bits per heavy atom. The van der Waals surface area contributed by atoms with E-state index in [2.05, 4.69) is 14.7 Å². The van der Waals surface area contributed by atoms with E-state index in [4.69, 9.17) is 16.3 Å². The van der Waals surface area contributed by atoms with Crippen LogP contribution in [0.3, 0.4) is 0 Å². The number of carbonyl (C=O) groups is 2. The Morgan fingerprint density at radius 1 is 1.18 bits per heavy atom. The van der Waals surface area contributed by atoms with Gasteiger partial charge in [0.2, 0.25) is 0 Å². The van der Waals surface area contributed by atoms with E-state index in [1.165, 1.54) is 49.3 Å². The number of hydrogen-bond acceptors (Lipinski definition) is 7. The smallest absolute Gasteiger partial charge is 0.364 e. The molecule has 0 aliphatic heterocycles. The first kappa shape index (κ1) is 16.3. The van der Waals surface area contributed by atoms with Crippen molar-refractivity contribution in [1.29, 1.82) is 0 Å². The number of hydrogen-bond donors (Lipinski definition) is 0. The van der Waals surface area contributed by atoms with Crippen LogP contribution < -0.4 is 4.74 Å². The Balaban J connectivity index is 2.17. The number of thioether (sulfide) groups is 1. The van der Waals surface area contributed by atoms with Crippen LogP contribution in [0.2, 0.25) is 5.02 Å². The highest BCUT2D eigenvalue weighted by Gasteiger charge is 2.17. The first-order valence-electron chi connectivity index (χ1n) is 6.02. The summed E-state index contributed by atoms with van der Waals surface area (Å²) in [5, 5.41) is 0.520. The lowest BCUT2D eigenvalue weighted by Crippen LogP contribution is -2.12. The molecule has 0 aliphatic carbocycles. The number of ether oxygens (including phenoxy) is 2. The molecule has 2 rings (SSSR count). The maximum Gasteiger partial charge on any atom is 0.364 e. The average molecular weight is 339 g/mol. The molecule has 0 radical (unpaired) electrons. The zero-order valence-electron chi connectivity index (χ0n) is 11.7. The summed E-state index contributed by atoms with van der Waals surface area (Å²) < 4.78 is 9.76. The monoisotopic (exact) mass is 338 g/mol. The first-order chi connectivity index (χ1) is 10.5. The number of rotatable bonds is 4. The highest BCUT2D eigenvalue weighted by atomic mass is 35.5. The summed E-state index contributed by atoms with van der Waals surface area (Å²) in [6.07, 6.45) is 3.13. The van der Waals surface area contributed by atoms with Crippen molar-refractivity contribution in [2.45, 2.75) is 5.16 Å². The third-order valence-electron chi connectivity index (χ3n) is 2.58. The van der Waals surface area contributed by atoms with Crippen LogP contribution >= 0.6 is 23.4 Å². The van der Waals surface area contributed by atoms with Crippen molar-refractivity contribution >= 4 is 35.3 Å². The molecule has 2 aromatic rings. The van der Waals surface area contributed by atoms with Crippen molar-refractivity contribution in [2.24, 2.45) is 0 Å². The molecule has 0 amide bonds. The Labute approximate surface area is 135 Å². The molecule has 22 heavy (non-hydrogen) atoms. The van der Waals surface area contributed by atoms with Crippen LogP contribution in [0.15, 0.2) is 35.6 Å². The third kappa shape index (κ3) is 3.75. The van der Waals surface area contributed by atoms with Crippen LogP contribution in [0, 0.1) is 0 Å². The van der Waals surface area contributed by atoms with E-state index < -0.39 is 11.9 Å². The standard InChI is InChI=1S/C14H11ClN2O4S/c1-20-12(18)8-3-5-9(6-4-8)21-13(19)11-10(15)7-16-14(17-11)22-2/h3-7H,1-2H3. The second-order valence-corrected chi connectivity index (χ2v) is 5.14. The van der Waals surface area contributed by atoms with Gasteiger partial charge in [-0.25, -0.2) is 19.6 Å². The number of esters is 2. The van der Waals surface area contributed by atoms with Gasteiger partial charge < -0.3 is 9.47 Å². The van der Waals surface area contributed by atoms with Crippen molar-refractivity contribution in [1.82, 2.24) is 9.97 Å². The molecule has 0 saturated heterocycles. The lowest BCUT2D eigenvalue weighted by molar-refractivity contribution is 0.0600. The molecule has 0 saturated carbocycles. The van der Waals surface area contributed by atoms with Crippen LogP contribution in [-0.4, -0.2) is 35.3 Å². The van der Waals surface area contributed by atoms with E-state index in [9.17, 15) is 9.59 Å². The molecule has 8 heteroatoms. The van der Waals surface area contributed by atoms with Crippen LogP contribution in [0.1, 0.15) is 20.8 Å². The minimum atomic E-state index is -0.700. The molecule has 0 fully saturated rings. The Hall–Kier alpha value is -2.12. The zero-order chi connectivity index (χ0) is 16.1. The van der Waals surface area contributed by atoms with E-state index in [-0.39, 0.29) is 16.5 Å². The maximum atomic E-state index is 12.1. The Kier molecular flexibility index (Phi) is 5.35. The van der Waals surface area contributed by atoms with E-state index in [0.717, 1.165) is 0 Å². The molecule has 6 nitrogen and oxygen atoms in total.